The van der Waals surface area contributed by atoms with Crippen molar-refractivity contribution < 1.29 is 23.0 Å². The number of aromatic nitrogens is 3. The summed E-state index contributed by atoms with van der Waals surface area (Å²) in [5.74, 6) is 0.986. The molecule has 0 saturated carbocycles. The van der Waals surface area contributed by atoms with Crippen LogP contribution in [0.4, 0.5) is 18.9 Å². The fourth-order valence-electron chi connectivity index (χ4n) is 4.89. The lowest BCUT2D eigenvalue weighted by atomic mass is 9.94. The molecule has 5 rings (SSSR count). The average Bonchev–Trinajstić information content (AvgIpc) is 3.53. The van der Waals surface area contributed by atoms with Crippen LogP contribution in [0.5, 0.6) is 5.75 Å². The van der Waals surface area contributed by atoms with Crippen molar-refractivity contribution in [3.05, 3.63) is 101 Å². The monoisotopic (exact) mass is 593 g/mol. The number of nitrogens with zero attached hydrogens (tertiary/aromatic N) is 5. The second-order valence-corrected chi connectivity index (χ2v) is 11.4. The average molecular weight is 594 g/mol. The van der Waals surface area contributed by atoms with Crippen LogP contribution in [-0.4, -0.2) is 43.9 Å². The van der Waals surface area contributed by atoms with Gasteiger partial charge in [0.25, 0.3) is 0 Å². The lowest BCUT2D eigenvalue weighted by molar-refractivity contribution is -0.274. The second-order valence-electron chi connectivity index (χ2n) is 10.4. The number of aliphatic hydroxyl groups is 1. The van der Waals surface area contributed by atoms with Crippen molar-refractivity contribution in [3.63, 3.8) is 0 Å². The molecule has 0 aliphatic carbocycles. The van der Waals surface area contributed by atoms with Crippen molar-refractivity contribution in [2.45, 2.75) is 45.7 Å². The lowest BCUT2D eigenvalue weighted by Crippen LogP contribution is -2.42. The molecule has 1 N–H and O–H groups in total. The molecule has 1 aromatic heterocycles. The summed E-state index contributed by atoms with van der Waals surface area (Å²) in [5, 5.41) is 16.5. The van der Waals surface area contributed by atoms with Crippen LogP contribution >= 0.6 is 11.8 Å². The van der Waals surface area contributed by atoms with Crippen LogP contribution in [0.3, 0.4) is 0 Å². The summed E-state index contributed by atoms with van der Waals surface area (Å²) in [7, 11) is 0. The number of halogens is 3. The molecule has 0 radical (unpaired) electrons. The fraction of sp³-hybridized carbons (Fsp3) is 0.258. The zero-order valence-electron chi connectivity index (χ0n) is 23.5. The van der Waals surface area contributed by atoms with Crippen molar-refractivity contribution in [2.75, 3.05) is 10.7 Å². The Kier molecular flexibility index (Phi) is 8.16. The summed E-state index contributed by atoms with van der Waals surface area (Å²) in [6.07, 6.45) is 0.278. The molecule has 4 aromatic rings. The minimum absolute atomic E-state index is 0.296. The Morgan fingerprint density at radius 2 is 1.79 bits per heavy atom. The van der Waals surface area contributed by atoms with Crippen LogP contribution in [0.25, 0.3) is 17.1 Å². The molecule has 1 aliphatic heterocycles. The van der Waals surface area contributed by atoms with E-state index in [-0.39, 0.29) is 5.75 Å². The van der Waals surface area contributed by atoms with E-state index in [0.717, 1.165) is 21.8 Å². The van der Waals surface area contributed by atoms with Crippen molar-refractivity contribution >= 4 is 23.7 Å². The van der Waals surface area contributed by atoms with Gasteiger partial charge in [-0.15, -0.1) is 30.0 Å². The Hall–Kier alpha value is -4.09. The maximum absolute atomic E-state index is 12.4. The van der Waals surface area contributed by atoms with Crippen LogP contribution in [0, 0.1) is 6.92 Å². The van der Waals surface area contributed by atoms with Gasteiger partial charge in [-0.3, -0.25) is 4.99 Å². The maximum atomic E-state index is 12.4. The molecule has 0 spiro atoms. The highest BCUT2D eigenvalue weighted by Crippen LogP contribution is 2.45. The third-order valence-electron chi connectivity index (χ3n) is 6.72. The van der Waals surface area contributed by atoms with Crippen molar-refractivity contribution in [1.82, 2.24) is 14.8 Å². The molecule has 1 aliphatic rings. The SMILES string of the molecule is Cc1cccc(N2C(=CN=Cc3ccc(-c4ncn(-c5ccc(OC(F)(F)F)cc5)n4)cc3)SCC2(C)O)c1C(C)C. The molecule has 0 amide bonds. The number of thioether (sulfide) groups is 1. The molecule has 3 aromatic carbocycles. The highest BCUT2D eigenvalue weighted by atomic mass is 32.2. The zero-order valence-corrected chi connectivity index (χ0v) is 24.3. The normalized spacial score (nSPS) is 18.5. The Balaban J connectivity index is 1.30. The summed E-state index contributed by atoms with van der Waals surface area (Å²) in [5.41, 5.74) is 4.53. The third-order valence-corrected chi connectivity index (χ3v) is 7.99. The quantitative estimate of drug-likeness (QED) is 0.225. The van der Waals surface area contributed by atoms with Gasteiger partial charge in [-0.25, -0.2) is 9.67 Å². The van der Waals surface area contributed by atoms with Crippen molar-refractivity contribution in [3.8, 4) is 22.8 Å². The lowest BCUT2D eigenvalue weighted by Gasteiger charge is -2.34. The molecule has 1 unspecified atom stereocenters. The Morgan fingerprint density at radius 3 is 2.45 bits per heavy atom. The van der Waals surface area contributed by atoms with E-state index in [1.807, 2.05) is 48.2 Å². The fourth-order valence-corrected chi connectivity index (χ4v) is 6.00. The van der Waals surface area contributed by atoms with Gasteiger partial charge in [0.15, 0.2) is 5.82 Å². The van der Waals surface area contributed by atoms with E-state index in [0.29, 0.717) is 23.2 Å². The van der Waals surface area contributed by atoms with Gasteiger partial charge >= 0.3 is 6.36 Å². The van der Waals surface area contributed by atoms with Crippen LogP contribution in [0.2, 0.25) is 0 Å². The van der Waals surface area contributed by atoms with E-state index in [1.54, 1.807) is 24.2 Å². The largest absolute Gasteiger partial charge is 0.573 e. The minimum atomic E-state index is -4.74. The maximum Gasteiger partial charge on any atom is 0.573 e. The van der Waals surface area contributed by atoms with E-state index in [4.69, 9.17) is 0 Å². The topological polar surface area (TPSA) is 75.8 Å². The Labute approximate surface area is 246 Å². The smallest absolute Gasteiger partial charge is 0.406 e. The molecule has 11 heteroatoms. The predicted octanol–water partition coefficient (Wildman–Crippen LogP) is 7.44. The van der Waals surface area contributed by atoms with Crippen molar-refractivity contribution in [2.24, 2.45) is 4.99 Å². The van der Waals surface area contributed by atoms with Crippen LogP contribution in [0.15, 0.2) is 89.3 Å². The van der Waals surface area contributed by atoms with Gasteiger partial charge in [0.2, 0.25) is 0 Å². The van der Waals surface area contributed by atoms with Crippen LogP contribution in [-0.2, 0) is 0 Å². The number of rotatable bonds is 7. The molecular weight excluding hydrogens is 563 g/mol. The van der Waals surface area contributed by atoms with Gasteiger partial charge in [0, 0.05) is 23.2 Å². The molecule has 42 heavy (non-hydrogen) atoms. The Morgan fingerprint density at radius 1 is 1.07 bits per heavy atom. The molecule has 1 fully saturated rings. The molecule has 7 nitrogen and oxygen atoms in total. The first kappa shape index (κ1) is 29.4. The number of alkyl halides is 3. The first-order chi connectivity index (χ1) is 19.9. The van der Waals surface area contributed by atoms with E-state index in [1.165, 1.54) is 46.4 Å². The highest BCUT2D eigenvalue weighted by molar-refractivity contribution is 8.03. The van der Waals surface area contributed by atoms with Crippen LogP contribution < -0.4 is 9.64 Å². The zero-order chi connectivity index (χ0) is 30.1. The van der Waals surface area contributed by atoms with Gasteiger partial charge in [-0.05, 0) is 66.8 Å². The molecule has 0 bridgehead atoms. The summed E-state index contributed by atoms with van der Waals surface area (Å²) in [4.78, 5) is 10.9. The van der Waals surface area contributed by atoms with Gasteiger partial charge in [0.05, 0.1) is 16.9 Å². The second kappa shape index (κ2) is 11.7. The summed E-state index contributed by atoms with van der Waals surface area (Å²) in [6.45, 7) is 8.23. The van der Waals surface area contributed by atoms with Gasteiger partial charge in [-0.1, -0.05) is 50.2 Å². The first-order valence-corrected chi connectivity index (χ1v) is 14.3. The molecule has 1 atom stereocenters. The summed E-state index contributed by atoms with van der Waals surface area (Å²) in [6, 6.07) is 19.1. The number of benzene rings is 3. The van der Waals surface area contributed by atoms with E-state index in [2.05, 4.69) is 46.6 Å². The van der Waals surface area contributed by atoms with E-state index < -0.39 is 12.1 Å². The number of ether oxygens (including phenoxy) is 1. The van der Waals surface area contributed by atoms with E-state index >= 15 is 0 Å². The van der Waals surface area contributed by atoms with Gasteiger partial charge < -0.3 is 14.7 Å². The highest BCUT2D eigenvalue weighted by Gasteiger charge is 2.40. The first-order valence-electron chi connectivity index (χ1n) is 13.3. The standard InChI is InChI=1S/C31H30F3N5O2S/c1-20(2)28-21(3)6-5-7-26(28)39-27(42-18-30(39,4)40)17-35-16-22-8-10-23(11-9-22)29-36-19-38(37-29)24-12-14-25(15-13-24)41-31(32,33)34/h5-17,19-20,40H,18H2,1-4H3. The number of anilines is 1. The molecule has 218 valence electrons. The molecule has 2 heterocycles. The van der Waals surface area contributed by atoms with Crippen molar-refractivity contribution in [1.29, 1.82) is 0 Å². The summed E-state index contributed by atoms with van der Waals surface area (Å²) >= 11 is 1.56. The van der Waals surface area contributed by atoms with Gasteiger partial charge in [0.1, 0.15) is 17.8 Å². The van der Waals surface area contributed by atoms with Gasteiger partial charge in [-0.2, -0.15) is 0 Å². The number of hydrogen-bond donors (Lipinski definition) is 1. The number of hydrogen-bond acceptors (Lipinski definition) is 7. The number of aliphatic imine (C=N–C) groups is 1. The predicted molar refractivity (Wildman–Crippen MR) is 160 cm³/mol. The van der Waals surface area contributed by atoms with E-state index in [9.17, 15) is 18.3 Å². The van der Waals surface area contributed by atoms with Crippen LogP contribution in [0.1, 0.15) is 43.4 Å². The molecule has 1 saturated heterocycles. The Bertz CT molecular complexity index is 1610. The number of aryl methyl sites for hydroxylation is 1. The molecular formula is C31H30F3N5O2S. The summed E-state index contributed by atoms with van der Waals surface area (Å²) < 4.78 is 42.6. The third kappa shape index (κ3) is 6.52. The minimum Gasteiger partial charge on any atom is -0.406 e.